The highest BCUT2D eigenvalue weighted by molar-refractivity contribution is 6.23. The van der Waals surface area contributed by atoms with E-state index in [-0.39, 0.29) is 24.4 Å². The third kappa shape index (κ3) is 4.27. The Labute approximate surface area is 172 Å². The van der Waals surface area contributed by atoms with Gasteiger partial charge in [-0.05, 0) is 48.5 Å². The fraction of sp³-hybridized carbons (Fsp3) is 0.182. The zero-order valence-electron chi connectivity index (χ0n) is 16.3. The summed E-state index contributed by atoms with van der Waals surface area (Å²) in [5, 5.41) is 2.61. The Morgan fingerprint density at radius 1 is 1.17 bits per heavy atom. The summed E-state index contributed by atoms with van der Waals surface area (Å²) in [7, 11) is 0. The van der Waals surface area contributed by atoms with Crippen LogP contribution in [0.25, 0.3) is 0 Å². The molecule has 8 heteroatoms. The number of hydrogen-bond acceptors (Lipinski definition) is 4. The lowest BCUT2D eigenvalue weighted by Gasteiger charge is -2.26. The molecule has 1 heterocycles. The number of hydrogen-bond donors (Lipinski definition) is 1. The van der Waals surface area contributed by atoms with E-state index in [1.165, 1.54) is 30.0 Å². The lowest BCUT2D eigenvalue weighted by atomic mass is 10.1. The van der Waals surface area contributed by atoms with Gasteiger partial charge in [-0.15, -0.1) is 6.58 Å². The lowest BCUT2D eigenvalue weighted by Crippen LogP contribution is -2.45. The number of nitrogens with one attached hydrogen (secondary N) is 1. The number of amides is 4. The number of halogens is 1. The predicted octanol–water partition coefficient (Wildman–Crippen LogP) is 2.74. The van der Waals surface area contributed by atoms with Crippen molar-refractivity contribution in [1.29, 1.82) is 0 Å². The summed E-state index contributed by atoms with van der Waals surface area (Å²) in [5.74, 6) is -2.20. The molecule has 30 heavy (non-hydrogen) atoms. The van der Waals surface area contributed by atoms with E-state index < -0.39 is 29.6 Å². The molecule has 1 fully saturated rings. The van der Waals surface area contributed by atoms with Crippen LogP contribution in [0.3, 0.4) is 0 Å². The van der Waals surface area contributed by atoms with Gasteiger partial charge in [0.2, 0.25) is 11.8 Å². The Bertz CT molecular complexity index is 1000. The molecule has 0 aromatic heterocycles. The molecule has 4 amide bonds. The van der Waals surface area contributed by atoms with Crippen LogP contribution in [0, 0.1) is 5.82 Å². The molecule has 1 unspecified atom stereocenters. The third-order valence-electron chi connectivity index (χ3n) is 4.62. The molecule has 1 N–H and O–H groups in total. The molecule has 1 aliphatic rings. The minimum absolute atomic E-state index is 0.0508. The average Bonchev–Trinajstić information content (AvgIpc) is 3.00. The second-order valence-electron chi connectivity index (χ2n) is 6.77. The van der Waals surface area contributed by atoms with E-state index in [1.807, 2.05) is 0 Å². The molecule has 2 aromatic carbocycles. The van der Waals surface area contributed by atoms with Crippen molar-refractivity contribution in [2.45, 2.75) is 19.4 Å². The average molecular weight is 409 g/mol. The number of carbonyl (C=O) groups is 4. The summed E-state index contributed by atoms with van der Waals surface area (Å²) in [6.45, 7) is 5.04. The number of benzene rings is 2. The van der Waals surface area contributed by atoms with Crippen molar-refractivity contribution < 1.29 is 23.6 Å². The number of nitrogens with zero attached hydrogens (tertiary/aromatic N) is 2. The molecule has 0 saturated carbocycles. The van der Waals surface area contributed by atoms with Crippen molar-refractivity contribution in [1.82, 2.24) is 4.90 Å². The first-order valence-corrected chi connectivity index (χ1v) is 9.23. The van der Waals surface area contributed by atoms with Crippen molar-refractivity contribution in [2.24, 2.45) is 0 Å². The van der Waals surface area contributed by atoms with Crippen LogP contribution in [-0.2, 0) is 14.4 Å². The van der Waals surface area contributed by atoms with Gasteiger partial charge in [0, 0.05) is 24.7 Å². The summed E-state index contributed by atoms with van der Waals surface area (Å²) < 4.78 is 13.2. The smallest absolute Gasteiger partial charge is 0.257 e. The summed E-state index contributed by atoms with van der Waals surface area (Å²) >= 11 is 0. The Balaban J connectivity index is 1.85. The Morgan fingerprint density at radius 3 is 2.37 bits per heavy atom. The lowest BCUT2D eigenvalue weighted by molar-refractivity contribution is -0.122. The van der Waals surface area contributed by atoms with E-state index in [0.29, 0.717) is 11.4 Å². The number of carbonyl (C=O) groups excluding carboxylic acids is 4. The maximum Gasteiger partial charge on any atom is 0.257 e. The number of anilines is 2. The summed E-state index contributed by atoms with van der Waals surface area (Å²) in [4.78, 5) is 52.0. The molecule has 0 spiro atoms. The molecular weight excluding hydrogens is 389 g/mol. The van der Waals surface area contributed by atoms with E-state index in [4.69, 9.17) is 0 Å². The molecule has 0 radical (unpaired) electrons. The SMILES string of the molecule is C=CCN(C(=O)c1ccc(F)cc1)C1CC(=O)N(c2ccc(NC(C)=O)cc2)C1=O. The minimum atomic E-state index is -0.997. The fourth-order valence-corrected chi connectivity index (χ4v) is 3.28. The maximum absolute atomic E-state index is 13.2. The van der Waals surface area contributed by atoms with Gasteiger partial charge < -0.3 is 10.2 Å². The molecule has 0 bridgehead atoms. The molecular formula is C22H20FN3O4. The van der Waals surface area contributed by atoms with Crippen LogP contribution in [0.15, 0.2) is 61.2 Å². The van der Waals surface area contributed by atoms with Crippen LogP contribution in [0.2, 0.25) is 0 Å². The van der Waals surface area contributed by atoms with Gasteiger partial charge in [-0.2, -0.15) is 0 Å². The quantitative estimate of drug-likeness (QED) is 0.587. The van der Waals surface area contributed by atoms with Crippen molar-refractivity contribution in [3.63, 3.8) is 0 Å². The van der Waals surface area contributed by atoms with Gasteiger partial charge in [0.25, 0.3) is 11.8 Å². The van der Waals surface area contributed by atoms with Gasteiger partial charge >= 0.3 is 0 Å². The summed E-state index contributed by atoms with van der Waals surface area (Å²) in [5.41, 5.74) is 1.08. The molecule has 1 atom stereocenters. The first-order valence-electron chi connectivity index (χ1n) is 9.23. The highest BCUT2D eigenvalue weighted by atomic mass is 19.1. The molecule has 1 aliphatic heterocycles. The molecule has 3 rings (SSSR count). The monoisotopic (exact) mass is 409 g/mol. The van der Waals surface area contributed by atoms with Gasteiger partial charge in [0.15, 0.2) is 0 Å². The first-order chi connectivity index (χ1) is 14.3. The summed E-state index contributed by atoms with van der Waals surface area (Å²) in [6.07, 6.45) is 1.29. The Hall–Kier alpha value is -3.81. The van der Waals surface area contributed by atoms with Crippen LogP contribution in [-0.4, -0.2) is 41.1 Å². The van der Waals surface area contributed by atoms with Crippen LogP contribution < -0.4 is 10.2 Å². The molecule has 2 aromatic rings. The van der Waals surface area contributed by atoms with Crippen molar-refractivity contribution in [3.8, 4) is 0 Å². The van der Waals surface area contributed by atoms with Crippen LogP contribution in [0.5, 0.6) is 0 Å². The highest BCUT2D eigenvalue weighted by Gasteiger charge is 2.44. The third-order valence-corrected chi connectivity index (χ3v) is 4.62. The van der Waals surface area contributed by atoms with E-state index >= 15 is 0 Å². The fourth-order valence-electron chi connectivity index (χ4n) is 3.28. The van der Waals surface area contributed by atoms with Crippen molar-refractivity contribution in [2.75, 3.05) is 16.8 Å². The maximum atomic E-state index is 13.2. The number of rotatable bonds is 6. The van der Waals surface area contributed by atoms with Crippen molar-refractivity contribution in [3.05, 3.63) is 72.6 Å². The van der Waals surface area contributed by atoms with E-state index in [9.17, 15) is 23.6 Å². The zero-order chi connectivity index (χ0) is 21.8. The molecule has 154 valence electrons. The Morgan fingerprint density at radius 2 is 1.80 bits per heavy atom. The van der Waals surface area contributed by atoms with Crippen LogP contribution in [0.1, 0.15) is 23.7 Å². The largest absolute Gasteiger partial charge is 0.326 e. The first kappa shape index (κ1) is 20.9. The molecule has 0 aliphatic carbocycles. The van der Waals surface area contributed by atoms with Gasteiger partial charge in [-0.25, -0.2) is 9.29 Å². The van der Waals surface area contributed by atoms with E-state index in [1.54, 1.807) is 24.3 Å². The van der Waals surface area contributed by atoms with Gasteiger partial charge in [0.1, 0.15) is 11.9 Å². The molecule has 1 saturated heterocycles. The Kier molecular flexibility index (Phi) is 6.06. The minimum Gasteiger partial charge on any atom is -0.326 e. The van der Waals surface area contributed by atoms with Gasteiger partial charge in [0.05, 0.1) is 12.1 Å². The zero-order valence-corrected chi connectivity index (χ0v) is 16.3. The second-order valence-corrected chi connectivity index (χ2v) is 6.77. The van der Waals surface area contributed by atoms with Gasteiger partial charge in [-0.3, -0.25) is 19.2 Å². The normalized spacial score (nSPS) is 15.8. The predicted molar refractivity (Wildman–Crippen MR) is 109 cm³/mol. The summed E-state index contributed by atoms with van der Waals surface area (Å²) in [6, 6.07) is 10.2. The van der Waals surface area contributed by atoms with E-state index in [2.05, 4.69) is 11.9 Å². The van der Waals surface area contributed by atoms with Gasteiger partial charge in [-0.1, -0.05) is 6.08 Å². The van der Waals surface area contributed by atoms with Crippen LogP contribution >= 0.6 is 0 Å². The van der Waals surface area contributed by atoms with Crippen molar-refractivity contribution >= 4 is 35.0 Å². The highest BCUT2D eigenvalue weighted by Crippen LogP contribution is 2.27. The molecule has 7 nitrogen and oxygen atoms in total. The topological polar surface area (TPSA) is 86.8 Å². The van der Waals surface area contributed by atoms with E-state index in [0.717, 1.165) is 17.0 Å². The second kappa shape index (κ2) is 8.69. The standard InChI is InChI=1S/C22H20FN3O4/c1-3-12-25(21(29)15-4-6-16(23)7-5-15)19-13-20(28)26(22(19)30)18-10-8-17(9-11-18)24-14(2)27/h3-11,19H,1,12-13H2,2H3,(H,24,27). The number of imide groups is 1. The van der Waals surface area contributed by atoms with Crippen LogP contribution in [0.4, 0.5) is 15.8 Å².